The summed E-state index contributed by atoms with van der Waals surface area (Å²) in [4.78, 5) is 8.00. The van der Waals surface area contributed by atoms with Crippen LogP contribution in [-0.4, -0.2) is 9.97 Å². The highest BCUT2D eigenvalue weighted by atomic mass is 14.8. The van der Waals surface area contributed by atoms with Crippen LogP contribution < -0.4 is 0 Å². The molecule has 72 valence electrons. The highest BCUT2D eigenvalue weighted by Gasteiger charge is 1.94. The Labute approximate surface area is 84.7 Å². The summed E-state index contributed by atoms with van der Waals surface area (Å²) in [5.41, 5.74) is 2.09. The minimum atomic E-state index is 0.964. The first-order valence-corrected chi connectivity index (χ1v) is 4.78. The van der Waals surface area contributed by atoms with Crippen molar-refractivity contribution < 1.29 is 0 Å². The van der Waals surface area contributed by atoms with Crippen LogP contribution in [0.2, 0.25) is 0 Å². The van der Waals surface area contributed by atoms with E-state index in [2.05, 4.69) is 9.97 Å². The Hall–Kier alpha value is -1.70. The predicted molar refractivity (Wildman–Crippen MR) is 58.8 cm³/mol. The predicted octanol–water partition coefficient (Wildman–Crippen LogP) is 3.17. The monoisotopic (exact) mass is 186 g/mol. The zero-order chi connectivity index (χ0) is 10.2. The van der Waals surface area contributed by atoms with Gasteiger partial charge in [-0.1, -0.05) is 44.2 Å². The third kappa shape index (κ3) is 2.66. The fourth-order valence-electron chi connectivity index (χ4n) is 1.07. The maximum absolute atomic E-state index is 4.14. The largest absolute Gasteiger partial charge is 0.245 e. The van der Waals surface area contributed by atoms with Crippen molar-refractivity contribution in [3.63, 3.8) is 0 Å². The van der Waals surface area contributed by atoms with Crippen LogP contribution in [0.25, 0.3) is 11.3 Å². The van der Waals surface area contributed by atoms with Crippen LogP contribution in [0, 0.1) is 0 Å². The van der Waals surface area contributed by atoms with E-state index in [0.717, 1.165) is 11.3 Å². The van der Waals surface area contributed by atoms with E-state index < -0.39 is 0 Å². The zero-order valence-corrected chi connectivity index (χ0v) is 8.51. The normalized spacial score (nSPS) is 8.71. The number of benzene rings is 1. The second-order valence-corrected chi connectivity index (χ2v) is 2.46. The molecule has 2 heteroatoms. The van der Waals surface area contributed by atoms with E-state index >= 15 is 0 Å². The highest BCUT2D eigenvalue weighted by molar-refractivity contribution is 5.57. The molecule has 0 bridgehead atoms. The molecule has 0 unspecified atom stereocenters. The van der Waals surface area contributed by atoms with Crippen molar-refractivity contribution in [3.05, 3.63) is 48.9 Å². The molecule has 0 radical (unpaired) electrons. The van der Waals surface area contributed by atoms with Gasteiger partial charge in [0.1, 0.15) is 6.33 Å². The molecule has 0 aliphatic rings. The summed E-state index contributed by atoms with van der Waals surface area (Å²) in [7, 11) is 0. The summed E-state index contributed by atoms with van der Waals surface area (Å²) in [6.45, 7) is 4.00. The van der Waals surface area contributed by atoms with Crippen LogP contribution >= 0.6 is 0 Å². The smallest absolute Gasteiger partial charge is 0.116 e. The van der Waals surface area contributed by atoms with Crippen LogP contribution in [0.4, 0.5) is 0 Å². The first kappa shape index (κ1) is 10.4. The SMILES string of the molecule is CC.c1ccc(-c2ccncn2)cc1. The quantitative estimate of drug-likeness (QED) is 0.683. The summed E-state index contributed by atoms with van der Waals surface area (Å²) in [6, 6.07) is 11.9. The van der Waals surface area contributed by atoms with E-state index in [4.69, 9.17) is 0 Å². The van der Waals surface area contributed by atoms with E-state index in [-0.39, 0.29) is 0 Å². The number of aromatic nitrogens is 2. The molecule has 2 aromatic rings. The lowest BCUT2D eigenvalue weighted by atomic mass is 10.1. The Morgan fingerprint density at radius 3 is 2.21 bits per heavy atom. The molecule has 0 saturated heterocycles. The van der Waals surface area contributed by atoms with Crippen molar-refractivity contribution in [2.75, 3.05) is 0 Å². The minimum Gasteiger partial charge on any atom is -0.245 e. The van der Waals surface area contributed by atoms with Gasteiger partial charge in [0.2, 0.25) is 0 Å². The van der Waals surface area contributed by atoms with Crippen LogP contribution in [0.3, 0.4) is 0 Å². The van der Waals surface area contributed by atoms with Gasteiger partial charge in [0.15, 0.2) is 0 Å². The lowest BCUT2D eigenvalue weighted by Gasteiger charge is -1.96. The maximum atomic E-state index is 4.14. The first-order chi connectivity index (χ1) is 6.97. The van der Waals surface area contributed by atoms with Gasteiger partial charge >= 0.3 is 0 Å². The van der Waals surface area contributed by atoms with Gasteiger partial charge in [-0.15, -0.1) is 0 Å². The van der Waals surface area contributed by atoms with Gasteiger partial charge in [0.05, 0.1) is 5.69 Å². The van der Waals surface area contributed by atoms with Crippen molar-refractivity contribution >= 4 is 0 Å². The molecule has 0 aliphatic heterocycles. The van der Waals surface area contributed by atoms with Crippen molar-refractivity contribution in [1.82, 2.24) is 9.97 Å². The molecule has 0 fully saturated rings. The molecule has 14 heavy (non-hydrogen) atoms. The highest BCUT2D eigenvalue weighted by Crippen LogP contribution is 2.13. The summed E-state index contributed by atoms with van der Waals surface area (Å²) in [6.07, 6.45) is 3.30. The maximum Gasteiger partial charge on any atom is 0.116 e. The average molecular weight is 186 g/mol. The van der Waals surface area contributed by atoms with Crippen LogP contribution in [0.1, 0.15) is 13.8 Å². The number of hydrogen-bond donors (Lipinski definition) is 0. The van der Waals surface area contributed by atoms with Crippen LogP contribution in [0.5, 0.6) is 0 Å². The van der Waals surface area contributed by atoms with Gasteiger partial charge in [-0.2, -0.15) is 0 Å². The van der Waals surface area contributed by atoms with Gasteiger partial charge in [0.25, 0.3) is 0 Å². The molecule has 0 aliphatic carbocycles. The summed E-state index contributed by atoms with van der Waals surface area (Å²) >= 11 is 0. The summed E-state index contributed by atoms with van der Waals surface area (Å²) < 4.78 is 0. The van der Waals surface area contributed by atoms with Crippen molar-refractivity contribution in [1.29, 1.82) is 0 Å². The number of nitrogens with zero attached hydrogens (tertiary/aromatic N) is 2. The van der Waals surface area contributed by atoms with Gasteiger partial charge < -0.3 is 0 Å². The van der Waals surface area contributed by atoms with E-state index in [1.165, 1.54) is 0 Å². The molecule has 1 heterocycles. The topological polar surface area (TPSA) is 25.8 Å². The van der Waals surface area contributed by atoms with Gasteiger partial charge in [-0.05, 0) is 6.07 Å². The standard InChI is InChI=1S/C10H8N2.C2H6/c1-2-4-9(5-3-1)10-6-7-11-8-12-10;1-2/h1-8H;1-2H3. The summed E-state index contributed by atoms with van der Waals surface area (Å²) in [5, 5.41) is 0. The third-order valence-corrected chi connectivity index (χ3v) is 1.65. The van der Waals surface area contributed by atoms with E-state index in [1.54, 1.807) is 12.5 Å². The Morgan fingerprint density at radius 1 is 0.929 bits per heavy atom. The molecule has 0 amide bonds. The van der Waals surface area contributed by atoms with E-state index in [0.29, 0.717) is 0 Å². The minimum absolute atomic E-state index is 0.964. The number of hydrogen-bond acceptors (Lipinski definition) is 2. The van der Waals surface area contributed by atoms with E-state index in [9.17, 15) is 0 Å². The fraction of sp³-hybridized carbons (Fsp3) is 0.167. The van der Waals surface area contributed by atoms with Crippen molar-refractivity contribution in [2.24, 2.45) is 0 Å². The fourth-order valence-corrected chi connectivity index (χ4v) is 1.07. The Bertz CT molecular complexity index is 306. The third-order valence-electron chi connectivity index (χ3n) is 1.65. The molecule has 2 nitrogen and oxygen atoms in total. The lowest BCUT2D eigenvalue weighted by Crippen LogP contribution is -1.82. The lowest BCUT2D eigenvalue weighted by molar-refractivity contribution is 1.17. The molecule has 2 rings (SSSR count). The molecule has 0 saturated carbocycles. The van der Waals surface area contributed by atoms with E-state index in [1.807, 2.05) is 50.2 Å². The van der Waals surface area contributed by atoms with Crippen LogP contribution in [-0.2, 0) is 0 Å². The van der Waals surface area contributed by atoms with Crippen LogP contribution in [0.15, 0.2) is 48.9 Å². The first-order valence-electron chi connectivity index (χ1n) is 4.78. The molecule has 1 aromatic carbocycles. The molecular formula is C12H14N2. The average Bonchev–Trinajstić information content (AvgIpc) is 2.34. The van der Waals surface area contributed by atoms with Crippen molar-refractivity contribution in [2.45, 2.75) is 13.8 Å². The van der Waals surface area contributed by atoms with Crippen molar-refractivity contribution in [3.8, 4) is 11.3 Å². The molecule has 1 aromatic heterocycles. The Kier molecular flexibility index (Phi) is 4.35. The Balaban J connectivity index is 0.000000461. The van der Waals surface area contributed by atoms with Gasteiger partial charge in [-0.25, -0.2) is 9.97 Å². The van der Waals surface area contributed by atoms with Gasteiger partial charge in [0, 0.05) is 11.8 Å². The second-order valence-electron chi connectivity index (χ2n) is 2.46. The molecular weight excluding hydrogens is 172 g/mol. The zero-order valence-electron chi connectivity index (χ0n) is 8.51. The second kappa shape index (κ2) is 5.86. The van der Waals surface area contributed by atoms with Gasteiger partial charge in [-0.3, -0.25) is 0 Å². The number of rotatable bonds is 1. The molecule has 0 N–H and O–H groups in total. The summed E-state index contributed by atoms with van der Waals surface area (Å²) in [5.74, 6) is 0. The molecule has 0 spiro atoms. The Morgan fingerprint density at radius 2 is 1.64 bits per heavy atom. The molecule has 0 atom stereocenters.